The van der Waals surface area contributed by atoms with Gasteiger partial charge in [0, 0.05) is 81.7 Å². The second kappa shape index (κ2) is 17.2. The summed E-state index contributed by atoms with van der Waals surface area (Å²) in [5, 5.41) is 2.31. The van der Waals surface area contributed by atoms with E-state index in [1.807, 2.05) is 24.4 Å². The zero-order chi connectivity index (χ0) is 44.4. The zero-order valence-corrected chi connectivity index (χ0v) is 40.1. The quantitative estimate of drug-likeness (QED) is 0.142. The summed E-state index contributed by atoms with van der Waals surface area (Å²) < 4.78 is 11.4. The molecule has 1 aliphatic heterocycles. The fourth-order valence-electron chi connectivity index (χ4n) is 9.29. The van der Waals surface area contributed by atoms with Crippen LogP contribution in [0.3, 0.4) is 0 Å². The third-order valence-electron chi connectivity index (χ3n) is 12.5. The van der Waals surface area contributed by atoms with Gasteiger partial charge in [-0.15, -0.1) is 54.0 Å². The van der Waals surface area contributed by atoms with Gasteiger partial charge in [0.2, 0.25) is 0 Å². The number of benzene rings is 8. The molecule has 0 radical (unpaired) electrons. The Balaban J connectivity index is 0.00000494. The van der Waals surface area contributed by atoms with Gasteiger partial charge in [0.25, 0.3) is 0 Å². The van der Waals surface area contributed by atoms with Crippen LogP contribution in [0.1, 0.15) is 26.3 Å². The Morgan fingerprint density at radius 2 is 1.19 bits per heavy atom. The third-order valence-corrected chi connectivity index (χ3v) is 13.7. The molecule has 7 heteroatoms. The monoisotopic (exact) mass is 1060 g/mol. The topological polar surface area (TPSA) is 33.5 Å². The molecule has 0 fully saturated rings. The number of para-hydroxylation sites is 3. The summed E-state index contributed by atoms with van der Waals surface area (Å²) in [6.07, 6.45) is 1.92. The Morgan fingerprint density at radius 3 is 1.99 bits per heavy atom. The molecular formula is C60H43N4OPtS-3. The van der Waals surface area contributed by atoms with Crippen LogP contribution in [0.15, 0.2) is 200 Å². The molecule has 0 bridgehead atoms. The average molecular weight is 1060 g/mol. The first-order valence-electron chi connectivity index (χ1n) is 22.3. The molecule has 0 amide bonds. The number of nitrogens with zero attached hydrogens (tertiary/aromatic N) is 4. The first kappa shape index (κ1) is 42.4. The molecule has 12 rings (SSSR count). The van der Waals surface area contributed by atoms with Gasteiger partial charge in [-0.2, -0.15) is 12.1 Å². The van der Waals surface area contributed by atoms with Crippen LogP contribution in [0.25, 0.3) is 70.4 Å². The van der Waals surface area contributed by atoms with E-state index in [2.05, 4.69) is 230 Å². The Hall–Kier alpha value is -7.24. The molecule has 4 heterocycles. The summed E-state index contributed by atoms with van der Waals surface area (Å²) in [6, 6.07) is 75.8. The molecule has 0 saturated heterocycles. The SMILES string of the molecule is CC(C)(C)c1ccnc(-n2c3[c-]c(Oc4[c-]c(N5[CH-]N(c6c(-c7ccccc7)cccc6-c6cccc(-c7ccccc7)c6)c6ccccc65)ccc4)ccc3c3sc4ccccc4c32)c1.[Pt]. The molecular weight excluding hydrogens is 1020 g/mol. The van der Waals surface area contributed by atoms with Crippen molar-refractivity contribution in [2.45, 2.75) is 26.2 Å². The normalized spacial score (nSPS) is 12.5. The molecule has 0 spiro atoms. The first-order chi connectivity index (χ1) is 32.4. The fraction of sp³-hybridized carbons (Fsp3) is 0.0667. The van der Waals surface area contributed by atoms with Gasteiger partial charge in [-0.1, -0.05) is 159 Å². The Bertz CT molecular complexity index is 3610. The van der Waals surface area contributed by atoms with Crippen LogP contribution in [0.5, 0.6) is 11.5 Å². The molecule has 8 aromatic carbocycles. The molecule has 0 saturated carbocycles. The molecule has 5 nitrogen and oxygen atoms in total. The Morgan fingerprint density at radius 1 is 0.552 bits per heavy atom. The van der Waals surface area contributed by atoms with Gasteiger partial charge in [0.1, 0.15) is 5.82 Å². The minimum Gasteiger partial charge on any atom is -0.509 e. The number of fused-ring (bicyclic) bond motifs is 6. The maximum Gasteiger partial charge on any atom is 0.135 e. The molecule has 11 aromatic rings. The van der Waals surface area contributed by atoms with E-state index in [-0.39, 0.29) is 26.5 Å². The summed E-state index contributed by atoms with van der Waals surface area (Å²) in [5.74, 6) is 2.06. The molecule has 0 N–H and O–H groups in total. The van der Waals surface area contributed by atoms with E-state index >= 15 is 0 Å². The first-order valence-corrected chi connectivity index (χ1v) is 23.1. The van der Waals surface area contributed by atoms with E-state index in [9.17, 15) is 0 Å². The largest absolute Gasteiger partial charge is 0.509 e. The predicted octanol–water partition coefficient (Wildman–Crippen LogP) is 16.5. The number of anilines is 4. The van der Waals surface area contributed by atoms with Crippen molar-refractivity contribution in [3.05, 3.63) is 225 Å². The Labute approximate surface area is 409 Å². The number of ether oxygens (including phenoxy) is 1. The van der Waals surface area contributed by atoms with E-state index < -0.39 is 0 Å². The zero-order valence-electron chi connectivity index (χ0n) is 37.1. The maximum atomic E-state index is 6.72. The van der Waals surface area contributed by atoms with Crippen LogP contribution in [-0.4, -0.2) is 9.55 Å². The molecule has 328 valence electrons. The van der Waals surface area contributed by atoms with Gasteiger partial charge in [0.15, 0.2) is 0 Å². The number of hydrogen-bond acceptors (Lipinski definition) is 5. The van der Waals surface area contributed by atoms with Gasteiger partial charge in [-0.25, -0.2) is 4.98 Å². The molecule has 3 aromatic heterocycles. The summed E-state index contributed by atoms with van der Waals surface area (Å²) in [5.41, 5.74) is 14.2. The van der Waals surface area contributed by atoms with Crippen molar-refractivity contribution in [2.75, 3.05) is 9.80 Å². The maximum absolute atomic E-state index is 6.72. The number of thiophene rings is 1. The van der Waals surface area contributed by atoms with E-state index in [1.54, 1.807) is 11.3 Å². The van der Waals surface area contributed by atoms with E-state index in [1.165, 1.54) is 31.5 Å². The second-order valence-electron chi connectivity index (χ2n) is 17.7. The molecule has 0 atom stereocenters. The predicted molar refractivity (Wildman–Crippen MR) is 275 cm³/mol. The number of rotatable bonds is 8. The van der Waals surface area contributed by atoms with E-state index in [0.717, 1.165) is 67.2 Å². The molecule has 0 unspecified atom stereocenters. The summed E-state index contributed by atoms with van der Waals surface area (Å²) in [4.78, 5) is 9.49. The van der Waals surface area contributed by atoms with Crippen LogP contribution >= 0.6 is 11.3 Å². The number of hydrogen-bond donors (Lipinski definition) is 0. The number of pyridine rings is 1. The van der Waals surface area contributed by atoms with Crippen LogP contribution in [-0.2, 0) is 26.5 Å². The van der Waals surface area contributed by atoms with Crippen molar-refractivity contribution < 1.29 is 25.8 Å². The summed E-state index contributed by atoms with van der Waals surface area (Å²) in [6.45, 7) is 8.90. The third kappa shape index (κ3) is 7.61. The molecule has 0 aliphatic carbocycles. The molecule has 67 heavy (non-hydrogen) atoms. The van der Waals surface area contributed by atoms with Crippen molar-refractivity contribution in [1.82, 2.24) is 9.55 Å². The summed E-state index contributed by atoms with van der Waals surface area (Å²) in [7, 11) is 0. The fourth-order valence-corrected chi connectivity index (χ4v) is 10.5. The van der Waals surface area contributed by atoms with Gasteiger partial charge < -0.3 is 19.1 Å². The second-order valence-corrected chi connectivity index (χ2v) is 18.8. The molecule has 1 aliphatic rings. The van der Waals surface area contributed by atoms with Gasteiger partial charge in [0.05, 0.1) is 5.52 Å². The van der Waals surface area contributed by atoms with Gasteiger partial charge in [-0.05, 0) is 69.6 Å². The summed E-state index contributed by atoms with van der Waals surface area (Å²) >= 11 is 1.81. The number of aromatic nitrogens is 2. The van der Waals surface area contributed by atoms with Crippen molar-refractivity contribution in [3.63, 3.8) is 0 Å². The van der Waals surface area contributed by atoms with Crippen LogP contribution < -0.4 is 14.5 Å². The smallest absolute Gasteiger partial charge is 0.135 e. The minimum atomic E-state index is -0.0400. The van der Waals surface area contributed by atoms with Crippen LogP contribution in [0.2, 0.25) is 0 Å². The van der Waals surface area contributed by atoms with Crippen molar-refractivity contribution >= 4 is 65.3 Å². The average Bonchev–Trinajstić information content (AvgIpc) is 4.03. The van der Waals surface area contributed by atoms with Crippen molar-refractivity contribution in [2.24, 2.45) is 0 Å². The van der Waals surface area contributed by atoms with Gasteiger partial charge in [-0.3, -0.25) is 0 Å². The minimum absolute atomic E-state index is 0. The van der Waals surface area contributed by atoms with Crippen molar-refractivity contribution in [3.8, 4) is 50.7 Å². The van der Waals surface area contributed by atoms with Crippen LogP contribution in [0, 0.1) is 18.8 Å². The van der Waals surface area contributed by atoms with E-state index in [0.29, 0.717) is 11.5 Å². The van der Waals surface area contributed by atoms with E-state index in [4.69, 9.17) is 9.72 Å². The van der Waals surface area contributed by atoms with Gasteiger partial charge >= 0.3 is 0 Å². The van der Waals surface area contributed by atoms with Crippen LogP contribution in [0.4, 0.5) is 22.7 Å². The standard InChI is InChI=1S/C60H43N4OS.Pt/c1-60(2,3)44-33-34-61-56(36-44)64-54-38-47(31-32-50(54)59-58(64)51-25-10-13-30-55(51)66-59)65-46-24-15-23-45(37-46)62-39-63(53-29-12-11-28-52(53)62)57-48(41-19-8-5-9-20-41)26-16-27-49(57)43-22-14-21-42(35-43)40-17-6-4-7-18-40;/h4-36,39H,1-3H3;/q-3;. The van der Waals surface area contributed by atoms with Crippen molar-refractivity contribution in [1.29, 1.82) is 0 Å². The Kier molecular flexibility index (Phi) is 10.9.